The fourth-order valence-electron chi connectivity index (χ4n) is 7.01. The number of carbonyl (C=O) groups is 2. The SMILES string of the molecule is C=CC(=O)Oc1ccc(-c2ccc(N(c3ccc(-c4ccc(OC(=O)C=C)cc4)cc3)c3ccc(-c4ccc(N(c5ccccc5)c5ccccc5)cc4)cc3)cc2)cc1. The van der Waals surface area contributed by atoms with Gasteiger partial charge in [-0.15, -0.1) is 0 Å². The van der Waals surface area contributed by atoms with E-state index in [1.807, 2.05) is 36.4 Å². The number of carbonyl (C=O) groups excluding carboxylic acids is 2. The van der Waals surface area contributed by atoms with Gasteiger partial charge in [0, 0.05) is 46.3 Å². The lowest BCUT2D eigenvalue weighted by molar-refractivity contribution is -0.129. The molecule has 0 amide bonds. The van der Waals surface area contributed by atoms with Crippen LogP contribution in [0.4, 0.5) is 34.1 Å². The minimum Gasteiger partial charge on any atom is -0.423 e. The Morgan fingerprint density at radius 2 is 0.533 bits per heavy atom. The zero-order chi connectivity index (χ0) is 41.3. The second kappa shape index (κ2) is 17.9. The first-order chi connectivity index (χ1) is 29.4. The molecule has 0 spiro atoms. The lowest BCUT2D eigenvalue weighted by Gasteiger charge is -2.26. The summed E-state index contributed by atoms with van der Waals surface area (Å²) in [6.45, 7) is 6.93. The molecule has 0 bridgehead atoms. The summed E-state index contributed by atoms with van der Waals surface area (Å²) in [6, 6.07) is 69.7. The van der Waals surface area contributed by atoms with Gasteiger partial charge in [0.15, 0.2) is 0 Å². The van der Waals surface area contributed by atoms with Crippen LogP contribution < -0.4 is 19.3 Å². The van der Waals surface area contributed by atoms with E-state index in [2.05, 4.69) is 169 Å². The van der Waals surface area contributed by atoms with Gasteiger partial charge in [0.2, 0.25) is 0 Å². The summed E-state index contributed by atoms with van der Waals surface area (Å²) in [5.41, 5.74) is 12.5. The van der Waals surface area contributed by atoms with Crippen LogP contribution in [0, 0.1) is 0 Å². The largest absolute Gasteiger partial charge is 0.423 e. The van der Waals surface area contributed by atoms with Gasteiger partial charge >= 0.3 is 11.9 Å². The zero-order valence-electron chi connectivity index (χ0n) is 32.7. The van der Waals surface area contributed by atoms with E-state index >= 15 is 0 Å². The van der Waals surface area contributed by atoms with Gasteiger partial charge in [0.05, 0.1) is 0 Å². The first-order valence-electron chi connectivity index (χ1n) is 19.5. The molecule has 0 aliphatic carbocycles. The van der Waals surface area contributed by atoms with E-state index in [1.165, 1.54) is 0 Å². The third-order valence-electron chi connectivity index (χ3n) is 10.0. The first kappa shape index (κ1) is 38.6. The number of para-hydroxylation sites is 2. The van der Waals surface area contributed by atoms with Crippen molar-refractivity contribution in [2.75, 3.05) is 9.80 Å². The van der Waals surface area contributed by atoms with Gasteiger partial charge in [0.1, 0.15) is 11.5 Å². The Balaban J connectivity index is 1.09. The normalized spacial score (nSPS) is 10.6. The molecule has 290 valence electrons. The molecule has 0 aliphatic rings. The van der Waals surface area contributed by atoms with E-state index in [0.29, 0.717) is 11.5 Å². The highest BCUT2D eigenvalue weighted by Crippen LogP contribution is 2.39. The summed E-state index contributed by atoms with van der Waals surface area (Å²) >= 11 is 0. The highest BCUT2D eigenvalue weighted by atomic mass is 16.5. The van der Waals surface area contributed by atoms with Crippen molar-refractivity contribution in [1.82, 2.24) is 0 Å². The van der Waals surface area contributed by atoms with Crippen molar-refractivity contribution in [3.05, 3.63) is 232 Å². The molecule has 6 heteroatoms. The number of hydrogen-bond acceptors (Lipinski definition) is 6. The summed E-state index contributed by atoms with van der Waals surface area (Å²) in [5, 5.41) is 0. The number of nitrogens with zero attached hydrogens (tertiary/aromatic N) is 2. The highest BCUT2D eigenvalue weighted by Gasteiger charge is 2.16. The Hall–Kier alpha value is -8.22. The van der Waals surface area contributed by atoms with E-state index in [0.717, 1.165) is 79.7 Å². The maximum Gasteiger partial charge on any atom is 0.335 e. The number of benzene rings is 8. The average Bonchev–Trinajstić information content (AvgIpc) is 3.31. The number of esters is 2. The monoisotopic (exact) mass is 780 g/mol. The van der Waals surface area contributed by atoms with Crippen LogP contribution in [0.15, 0.2) is 232 Å². The summed E-state index contributed by atoms with van der Waals surface area (Å²) < 4.78 is 10.5. The van der Waals surface area contributed by atoms with Crippen LogP contribution in [0.3, 0.4) is 0 Å². The highest BCUT2D eigenvalue weighted by molar-refractivity contribution is 5.85. The predicted molar refractivity (Wildman–Crippen MR) is 244 cm³/mol. The topological polar surface area (TPSA) is 59.1 Å². The van der Waals surface area contributed by atoms with E-state index < -0.39 is 11.9 Å². The Kier molecular flexibility index (Phi) is 11.5. The van der Waals surface area contributed by atoms with Crippen molar-refractivity contribution in [1.29, 1.82) is 0 Å². The van der Waals surface area contributed by atoms with E-state index in [-0.39, 0.29) is 0 Å². The van der Waals surface area contributed by atoms with Crippen LogP contribution in [-0.2, 0) is 9.59 Å². The average molecular weight is 781 g/mol. The van der Waals surface area contributed by atoms with Crippen molar-refractivity contribution in [3.63, 3.8) is 0 Å². The number of ether oxygens (including phenoxy) is 2. The van der Waals surface area contributed by atoms with E-state index in [9.17, 15) is 9.59 Å². The molecule has 0 heterocycles. The third kappa shape index (κ3) is 8.84. The summed E-state index contributed by atoms with van der Waals surface area (Å²) in [7, 11) is 0. The number of anilines is 6. The molecule has 0 atom stereocenters. The second-order valence-corrected chi connectivity index (χ2v) is 13.8. The molecule has 6 nitrogen and oxygen atoms in total. The molecule has 60 heavy (non-hydrogen) atoms. The Labute approximate surface area is 350 Å². The van der Waals surface area contributed by atoms with Crippen LogP contribution in [0.1, 0.15) is 0 Å². The predicted octanol–water partition coefficient (Wildman–Crippen LogP) is 13.8. The third-order valence-corrected chi connectivity index (χ3v) is 10.0. The van der Waals surface area contributed by atoms with E-state index in [4.69, 9.17) is 9.47 Å². The van der Waals surface area contributed by atoms with Gasteiger partial charge in [-0.1, -0.05) is 122 Å². The molecule has 8 rings (SSSR count). The van der Waals surface area contributed by atoms with E-state index in [1.54, 1.807) is 24.3 Å². The molecule has 0 fully saturated rings. The van der Waals surface area contributed by atoms with Gasteiger partial charge < -0.3 is 19.3 Å². The van der Waals surface area contributed by atoms with Crippen molar-refractivity contribution < 1.29 is 19.1 Å². The Morgan fingerprint density at radius 3 is 0.767 bits per heavy atom. The minimum absolute atomic E-state index is 0.461. The lowest BCUT2D eigenvalue weighted by atomic mass is 10.0. The maximum atomic E-state index is 11.7. The summed E-state index contributed by atoms with van der Waals surface area (Å²) in [5.74, 6) is -0.0698. The quantitative estimate of drug-likeness (QED) is 0.0660. The minimum atomic E-state index is -0.496. The van der Waals surface area contributed by atoms with Crippen LogP contribution >= 0.6 is 0 Å². The molecule has 0 N–H and O–H groups in total. The maximum absolute atomic E-state index is 11.7. The molecular weight excluding hydrogens is 741 g/mol. The summed E-state index contributed by atoms with van der Waals surface area (Å²) in [4.78, 5) is 27.8. The van der Waals surface area contributed by atoms with Crippen LogP contribution in [0.25, 0.3) is 33.4 Å². The Bertz CT molecular complexity index is 2560. The van der Waals surface area contributed by atoms with Crippen molar-refractivity contribution in [2.24, 2.45) is 0 Å². The molecule has 0 saturated heterocycles. The molecule has 8 aromatic rings. The number of hydrogen-bond donors (Lipinski definition) is 0. The molecule has 8 aromatic carbocycles. The van der Waals surface area contributed by atoms with Crippen LogP contribution in [0.5, 0.6) is 11.5 Å². The number of rotatable bonds is 13. The molecule has 0 unspecified atom stereocenters. The van der Waals surface area contributed by atoms with Crippen LogP contribution in [-0.4, -0.2) is 11.9 Å². The van der Waals surface area contributed by atoms with Gasteiger partial charge in [-0.2, -0.15) is 0 Å². The van der Waals surface area contributed by atoms with Gasteiger partial charge in [0.25, 0.3) is 0 Å². The Morgan fingerprint density at radius 1 is 0.317 bits per heavy atom. The first-order valence-corrected chi connectivity index (χ1v) is 19.5. The fourth-order valence-corrected chi connectivity index (χ4v) is 7.01. The van der Waals surface area contributed by atoms with Crippen LogP contribution in [0.2, 0.25) is 0 Å². The van der Waals surface area contributed by atoms with Crippen molar-refractivity contribution >= 4 is 46.1 Å². The van der Waals surface area contributed by atoms with Gasteiger partial charge in [-0.25, -0.2) is 9.59 Å². The molecular formula is C54H40N2O4. The van der Waals surface area contributed by atoms with Gasteiger partial charge in [-0.05, 0) is 130 Å². The van der Waals surface area contributed by atoms with Crippen molar-refractivity contribution in [3.8, 4) is 44.9 Å². The van der Waals surface area contributed by atoms with Gasteiger partial charge in [-0.3, -0.25) is 0 Å². The smallest absolute Gasteiger partial charge is 0.335 e. The van der Waals surface area contributed by atoms with Crippen molar-refractivity contribution in [2.45, 2.75) is 0 Å². The zero-order valence-corrected chi connectivity index (χ0v) is 32.7. The molecule has 0 saturated carbocycles. The summed E-state index contributed by atoms with van der Waals surface area (Å²) in [6.07, 6.45) is 2.29. The second-order valence-electron chi connectivity index (χ2n) is 13.8. The molecule has 0 aliphatic heterocycles. The standard InChI is InChI=1S/C54H40N2O4/c1-3-53(57)59-51-35-23-43(24-36-51)41-19-31-49(32-20-41)56(50-33-21-42(22-34-50)44-25-37-52(38-26-44)60-54(58)4-2)48-29-17-40(18-30-48)39-15-27-47(28-16-39)55(45-11-7-5-8-12-45)46-13-9-6-10-14-46/h3-38H,1-2H2. The lowest BCUT2D eigenvalue weighted by Crippen LogP contribution is -2.10. The molecule has 0 radical (unpaired) electrons. The fraction of sp³-hybridized carbons (Fsp3) is 0. The molecule has 0 aromatic heterocycles.